The Morgan fingerprint density at radius 1 is 1.60 bits per heavy atom. The zero-order valence-electron chi connectivity index (χ0n) is 8.24. The first-order valence-corrected chi connectivity index (χ1v) is 4.55. The maximum atomic E-state index is 13.4. The Labute approximate surface area is 86.4 Å². The number of carbonyl (C=O) groups excluding carboxylic acids is 1. The van der Waals surface area contributed by atoms with Crippen molar-refractivity contribution >= 4 is 11.6 Å². The minimum atomic E-state index is -0.748. The lowest BCUT2D eigenvalue weighted by molar-refractivity contribution is -0.119. The molecule has 1 unspecified atom stereocenters. The van der Waals surface area contributed by atoms with Crippen molar-refractivity contribution < 1.29 is 13.9 Å². The molecule has 1 atom stereocenters. The van der Waals surface area contributed by atoms with Crippen LogP contribution in [0.5, 0.6) is 5.75 Å². The quantitative estimate of drug-likeness (QED) is 0.678. The second kappa shape index (κ2) is 3.51. The maximum absolute atomic E-state index is 13.4. The van der Waals surface area contributed by atoms with Crippen LogP contribution in [0.15, 0.2) is 18.2 Å². The van der Waals surface area contributed by atoms with Crippen LogP contribution in [0.1, 0.15) is 0 Å². The lowest BCUT2D eigenvalue weighted by Gasteiger charge is -2.17. The number of nitrogens with zero attached hydrogens (tertiary/aromatic N) is 1. The van der Waals surface area contributed by atoms with E-state index in [2.05, 4.69) is 0 Å². The number of ether oxygens (including phenoxy) is 1. The van der Waals surface area contributed by atoms with Gasteiger partial charge in [0.05, 0.1) is 5.69 Å². The summed E-state index contributed by atoms with van der Waals surface area (Å²) in [6.45, 7) is -0.00287. The Hall–Kier alpha value is -1.62. The molecule has 0 spiro atoms. The van der Waals surface area contributed by atoms with Gasteiger partial charge in [0, 0.05) is 7.05 Å². The molecule has 0 aromatic heterocycles. The summed E-state index contributed by atoms with van der Waals surface area (Å²) < 4.78 is 18.5. The minimum absolute atomic E-state index is 0.00287. The van der Waals surface area contributed by atoms with Crippen LogP contribution in [0.2, 0.25) is 0 Å². The molecule has 0 bridgehead atoms. The summed E-state index contributed by atoms with van der Waals surface area (Å²) in [5.74, 6) is -0.679. The number of para-hydroxylation sites is 1. The molecule has 1 amide bonds. The number of anilines is 1. The molecule has 1 aromatic carbocycles. The first-order valence-electron chi connectivity index (χ1n) is 4.55. The van der Waals surface area contributed by atoms with E-state index in [9.17, 15) is 9.18 Å². The molecule has 0 saturated carbocycles. The van der Waals surface area contributed by atoms with E-state index in [0.29, 0.717) is 5.69 Å². The van der Waals surface area contributed by atoms with E-state index in [4.69, 9.17) is 10.5 Å². The average molecular weight is 210 g/mol. The van der Waals surface area contributed by atoms with Crippen molar-refractivity contribution in [2.45, 2.75) is 6.04 Å². The molecule has 1 aromatic rings. The highest BCUT2D eigenvalue weighted by Gasteiger charge is 2.27. The Balaban J connectivity index is 2.52. The number of likely N-dealkylation sites (N-methyl/N-ethyl adjacent to an activating group) is 1. The lowest BCUT2D eigenvalue weighted by atomic mass is 10.2. The van der Waals surface area contributed by atoms with Crippen molar-refractivity contribution in [1.29, 1.82) is 0 Å². The van der Waals surface area contributed by atoms with Crippen molar-refractivity contribution in [1.82, 2.24) is 0 Å². The van der Waals surface area contributed by atoms with Crippen LogP contribution < -0.4 is 15.4 Å². The molecule has 1 aliphatic heterocycles. The molecule has 15 heavy (non-hydrogen) atoms. The summed E-state index contributed by atoms with van der Waals surface area (Å²) in [5.41, 5.74) is 5.97. The molecule has 2 N–H and O–H groups in total. The van der Waals surface area contributed by atoms with E-state index in [1.165, 1.54) is 17.0 Å². The molecule has 0 fully saturated rings. The van der Waals surface area contributed by atoms with Gasteiger partial charge < -0.3 is 15.4 Å². The van der Waals surface area contributed by atoms with E-state index in [1.54, 1.807) is 13.1 Å². The van der Waals surface area contributed by atoms with Gasteiger partial charge in [0.1, 0.15) is 12.6 Å². The van der Waals surface area contributed by atoms with Crippen LogP contribution in [0, 0.1) is 5.82 Å². The molecule has 0 radical (unpaired) electrons. The van der Waals surface area contributed by atoms with E-state index in [1.807, 2.05) is 0 Å². The normalized spacial score (nSPS) is 20.6. The van der Waals surface area contributed by atoms with Gasteiger partial charge >= 0.3 is 0 Å². The molecule has 0 saturated heterocycles. The summed E-state index contributed by atoms with van der Waals surface area (Å²) in [6.07, 6.45) is 0. The highest BCUT2D eigenvalue weighted by Crippen LogP contribution is 2.32. The van der Waals surface area contributed by atoms with Gasteiger partial charge in [0.15, 0.2) is 11.6 Å². The number of halogens is 1. The van der Waals surface area contributed by atoms with Gasteiger partial charge in [-0.05, 0) is 12.1 Å². The zero-order valence-corrected chi connectivity index (χ0v) is 8.24. The van der Waals surface area contributed by atoms with Gasteiger partial charge in [-0.25, -0.2) is 4.39 Å². The van der Waals surface area contributed by atoms with E-state index >= 15 is 0 Å². The lowest BCUT2D eigenvalue weighted by Crippen LogP contribution is -2.43. The number of carbonyl (C=O) groups is 1. The van der Waals surface area contributed by atoms with Crippen molar-refractivity contribution in [3.63, 3.8) is 0 Å². The van der Waals surface area contributed by atoms with E-state index < -0.39 is 11.9 Å². The monoisotopic (exact) mass is 210 g/mol. The molecule has 2 rings (SSSR count). The summed E-state index contributed by atoms with van der Waals surface area (Å²) in [4.78, 5) is 12.9. The number of hydrogen-bond acceptors (Lipinski definition) is 3. The van der Waals surface area contributed by atoms with E-state index in [0.717, 1.165) is 0 Å². The van der Waals surface area contributed by atoms with Gasteiger partial charge in [-0.1, -0.05) is 6.07 Å². The number of amides is 1. The predicted molar refractivity (Wildman–Crippen MR) is 53.3 cm³/mol. The van der Waals surface area contributed by atoms with Crippen molar-refractivity contribution in [2.24, 2.45) is 5.73 Å². The van der Waals surface area contributed by atoms with Gasteiger partial charge in [-0.3, -0.25) is 4.79 Å². The van der Waals surface area contributed by atoms with Crippen molar-refractivity contribution in [2.75, 3.05) is 18.6 Å². The first kappa shape index (κ1) is 9.92. The minimum Gasteiger partial charge on any atom is -0.486 e. The molecule has 1 heterocycles. The summed E-state index contributed by atoms with van der Waals surface area (Å²) in [5, 5.41) is 0. The molecule has 5 heteroatoms. The van der Waals surface area contributed by atoms with Crippen LogP contribution in [0.3, 0.4) is 0 Å². The van der Waals surface area contributed by atoms with Crippen molar-refractivity contribution in [3.05, 3.63) is 24.0 Å². The molecule has 80 valence electrons. The molecule has 0 aliphatic carbocycles. The number of fused-ring (bicyclic) bond motifs is 1. The zero-order chi connectivity index (χ0) is 11.0. The standard InChI is InChI=1S/C10H11FN2O2/c1-13-8-4-2-3-6(11)9(8)15-5-7(12)10(13)14/h2-4,7H,5,12H2,1H3. The van der Waals surface area contributed by atoms with Crippen LogP contribution in [-0.2, 0) is 4.79 Å². The van der Waals surface area contributed by atoms with Crippen molar-refractivity contribution in [3.8, 4) is 5.75 Å². The average Bonchev–Trinajstić information content (AvgIpc) is 2.33. The highest BCUT2D eigenvalue weighted by molar-refractivity contribution is 5.98. The Bertz CT molecular complexity index is 408. The second-order valence-electron chi connectivity index (χ2n) is 3.40. The molecular weight excluding hydrogens is 199 g/mol. The van der Waals surface area contributed by atoms with E-state index in [-0.39, 0.29) is 18.3 Å². The molecular formula is C10H11FN2O2. The Morgan fingerprint density at radius 3 is 3.07 bits per heavy atom. The summed E-state index contributed by atoms with van der Waals surface area (Å²) in [7, 11) is 1.55. The number of hydrogen-bond donors (Lipinski definition) is 1. The number of rotatable bonds is 0. The van der Waals surface area contributed by atoms with Gasteiger partial charge in [0.25, 0.3) is 0 Å². The third-order valence-electron chi connectivity index (χ3n) is 2.36. The number of nitrogens with two attached hydrogens (primary N) is 1. The summed E-state index contributed by atoms with van der Waals surface area (Å²) in [6, 6.07) is 3.68. The third kappa shape index (κ3) is 1.55. The highest BCUT2D eigenvalue weighted by atomic mass is 19.1. The smallest absolute Gasteiger partial charge is 0.247 e. The largest absolute Gasteiger partial charge is 0.486 e. The second-order valence-corrected chi connectivity index (χ2v) is 3.40. The maximum Gasteiger partial charge on any atom is 0.247 e. The fourth-order valence-electron chi connectivity index (χ4n) is 1.52. The molecule has 4 nitrogen and oxygen atoms in total. The van der Waals surface area contributed by atoms with Gasteiger partial charge in [-0.2, -0.15) is 0 Å². The van der Waals surface area contributed by atoms with Crippen LogP contribution in [-0.4, -0.2) is 25.6 Å². The molecule has 1 aliphatic rings. The Kier molecular flexibility index (Phi) is 2.32. The fraction of sp³-hybridized carbons (Fsp3) is 0.300. The number of benzene rings is 1. The fourth-order valence-corrected chi connectivity index (χ4v) is 1.52. The topological polar surface area (TPSA) is 55.6 Å². The first-order chi connectivity index (χ1) is 7.11. The summed E-state index contributed by atoms with van der Waals surface area (Å²) >= 11 is 0. The van der Waals surface area contributed by atoms with Crippen LogP contribution in [0.4, 0.5) is 10.1 Å². The van der Waals surface area contributed by atoms with Gasteiger partial charge in [0.2, 0.25) is 5.91 Å². The van der Waals surface area contributed by atoms with Crippen LogP contribution in [0.25, 0.3) is 0 Å². The SMILES string of the molecule is CN1C(=O)C(N)COc2c(F)cccc21. The predicted octanol–water partition coefficient (Wildman–Crippen LogP) is 0.508. The van der Waals surface area contributed by atoms with Gasteiger partial charge in [-0.15, -0.1) is 0 Å². The Morgan fingerprint density at radius 2 is 2.33 bits per heavy atom. The van der Waals surface area contributed by atoms with Crippen LogP contribution >= 0.6 is 0 Å². The third-order valence-corrected chi connectivity index (χ3v) is 2.36.